The molecule has 8 unspecified atom stereocenters. The summed E-state index contributed by atoms with van der Waals surface area (Å²) in [5, 5.41) is 26.2. The molecule has 4 saturated carbocycles. The van der Waals surface area contributed by atoms with E-state index in [1.807, 2.05) is 0 Å². The van der Waals surface area contributed by atoms with Crippen molar-refractivity contribution in [1.29, 1.82) is 0 Å². The Morgan fingerprint density at radius 1 is 0.650 bits per heavy atom. The van der Waals surface area contributed by atoms with Gasteiger partial charge in [0.25, 0.3) is 0 Å². The molecule has 0 aromatic heterocycles. The highest BCUT2D eigenvalue weighted by Gasteiger charge is 2.73. The standard InChI is InChI=1S/C32H28N2O6/c1-3-15-7-5-9-17(11-15)33-29(35)25-19-13-21(27(25)31(37)38)24-22-14-20(23(19)24)26(28(22)32(39)40)30(36)34-18-10-6-8-16(4-2)12-18/h1-2,5-12,19-28H,13-14H2,(H,33,35)(H,34,36)(H,37,38)(H,39,40). The van der Waals surface area contributed by atoms with Gasteiger partial charge < -0.3 is 20.8 Å². The summed E-state index contributed by atoms with van der Waals surface area (Å²) in [6.07, 6.45) is 12.0. The van der Waals surface area contributed by atoms with Crippen LogP contribution in [-0.2, 0) is 19.2 Å². The van der Waals surface area contributed by atoms with E-state index >= 15 is 0 Å². The van der Waals surface area contributed by atoms with Gasteiger partial charge in [-0.1, -0.05) is 24.0 Å². The number of carboxylic acid groups (broad SMARTS) is 2. The van der Waals surface area contributed by atoms with Crippen molar-refractivity contribution in [2.24, 2.45) is 59.2 Å². The topological polar surface area (TPSA) is 133 Å². The molecule has 0 spiro atoms. The molecule has 6 rings (SSSR count). The molecular formula is C32H28N2O6. The molecule has 8 nitrogen and oxygen atoms in total. The number of anilines is 2. The lowest BCUT2D eigenvalue weighted by atomic mass is 9.58. The number of hydrogen-bond donors (Lipinski definition) is 4. The number of rotatable bonds is 6. The van der Waals surface area contributed by atoms with Crippen LogP contribution in [-0.4, -0.2) is 34.0 Å². The molecule has 4 bridgehead atoms. The summed E-state index contributed by atoms with van der Waals surface area (Å²) >= 11 is 0. The zero-order valence-corrected chi connectivity index (χ0v) is 21.5. The number of carbonyl (C=O) groups excluding carboxylic acids is 2. The Balaban J connectivity index is 1.29. The molecule has 4 N–H and O–H groups in total. The molecule has 40 heavy (non-hydrogen) atoms. The van der Waals surface area contributed by atoms with Crippen molar-refractivity contribution in [3.05, 3.63) is 59.7 Å². The highest BCUT2D eigenvalue weighted by molar-refractivity contribution is 5.97. The molecule has 4 aliphatic rings. The number of benzene rings is 2. The fourth-order valence-corrected chi connectivity index (χ4v) is 8.86. The largest absolute Gasteiger partial charge is 0.481 e. The van der Waals surface area contributed by atoms with Crippen LogP contribution in [0.1, 0.15) is 24.0 Å². The van der Waals surface area contributed by atoms with Gasteiger partial charge in [-0.05, 0) is 84.7 Å². The summed E-state index contributed by atoms with van der Waals surface area (Å²) < 4.78 is 0. The molecule has 2 amide bonds. The molecule has 0 aliphatic heterocycles. The van der Waals surface area contributed by atoms with Crippen LogP contribution < -0.4 is 10.6 Å². The summed E-state index contributed by atoms with van der Waals surface area (Å²) in [5.74, 6) is -2.53. The number of amides is 2. The third kappa shape index (κ3) is 3.86. The molecule has 0 radical (unpaired) electrons. The van der Waals surface area contributed by atoms with Crippen molar-refractivity contribution in [2.45, 2.75) is 12.8 Å². The first-order valence-electron chi connectivity index (χ1n) is 13.4. The number of fused-ring (bicyclic) bond motifs is 9. The van der Waals surface area contributed by atoms with E-state index in [-0.39, 0.29) is 47.3 Å². The third-order valence-electron chi connectivity index (χ3n) is 9.90. The van der Waals surface area contributed by atoms with E-state index in [9.17, 15) is 29.4 Å². The highest BCUT2D eigenvalue weighted by Crippen LogP contribution is 2.73. The van der Waals surface area contributed by atoms with Crippen molar-refractivity contribution < 1.29 is 29.4 Å². The van der Waals surface area contributed by atoms with Crippen molar-refractivity contribution in [2.75, 3.05) is 10.6 Å². The van der Waals surface area contributed by atoms with E-state index in [1.165, 1.54) is 0 Å². The van der Waals surface area contributed by atoms with E-state index in [0.29, 0.717) is 35.3 Å². The molecule has 2 aromatic rings. The van der Waals surface area contributed by atoms with Gasteiger partial charge in [-0.25, -0.2) is 0 Å². The van der Waals surface area contributed by atoms with Crippen molar-refractivity contribution in [1.82, 2.24) is 0 Å². The quantitative estimate of drug-likeness (QED) is 0.331. The zero-order valence-electron chi connectivity index (χ0n) is 21.5. The molecule has 0 heterocycles. The van der Waals surface area contributed by atoms with E-state index in [0.717, 1.165) is 0 Å². The van der Waals surface area contributed by atoms with Gasteiger partial charge >= 0.3 is 11.9 Å². The minimum Gasteiger partial charge on any atom is -0.481 e. The van der Waals surface area contributed by atoms with Crippen molar-refractivity contribution in [3.63, 3.8) is 0 Å². The molecule has 4 fully saturated rings. The second-order valence-corrected chi connectivity index (χ2v) is 11.5. The number of carbonyl (C=O) groups is 4. The van der Waals surface area contributed by atoms with E-state index < -0.39 is 35.6 Å². The fourth-order valence-electron chi connectivity index (χ4n) is 8.86. The minimum absolute atomic E-state index is 0.0956. The summed E-state index contributed by atoms with van der Waals surface area (Å²) in [5.41, 5.74) is 2.17. The van der Waals surface area contributed by atoms with E-state index in [4.69, 9.17) is 12.8 Å². The average molecular weight is 537 g/mol. The first-order valence-corrected chi connectivity index (χ1v) is 13.4. The van der Waals surface area contributed by atoms with Gasteiger partial charge in [0, 0.05) is 22.5 Å². The third-order valence-corrected chi connectivity index (χ3v) is 9.90. The van der Waals surface area contributed by atoms with Gasteiger partial charge in [0.15, 0.2) is 0 Å². The second-order valence-electron chi connectivity index (χ2n) is 11.5. The second kappa shape index (κ2) is 9.57. The van der Waals surface area contributed by atoms with E-state index in [2.05, 4.69) is 22.5 Å². The van der Waals surface area contributed by atoms with Crippen LogP contribution in [0.4, 0.5) is 11.4 Å². The monoisotopic (exact) mass is 536 g/mol. The maximum atomic E-state index is 13.6. The fraction of sp³-hybridized carbons (Fsp3) is 0.375. The molecule has 8 atom stereocenters. The van der Waals surface area contributed by atoms with Gasteiger partial charge in [0.2, 0.25) is 11.8 Å². The van der Waals surface area contributed by atoms with Crippen LogP contribution in [0.3, 0.4) is 0 Å². The lowest BCUT2D eigenvalue weighted by molar-refractivity contribution is -0.157. The van der Waals surface area contributed by atoms with Crippen LogP contribution in [0.25, 0.3) is 0 Å². The predicted molar refractivity (Wildman–Crippen MR) is 145 cm³/mol. The van der Waals surface area contributed by atoms with Gasteiger partial charge in [-0.2, -0.15) is 0 Å². The summed E-state index contributed by atoms with van der Waals surface area (Å²) in [7, 11) is 0. The number of carboxylic acids is 2. The lowest BCUT2D eigenvalue weighted by Gasteiger charge is -2.45. The molecule has 202 valence electrons. The normalized spacial score (nSPS) is 34.4. The van der Waals surface area contributed by atoms with Gasteiger partial charge in [0.05, 0.1) is 23.7 Å². The van der Waals surface area contributed by atoms with Crippen LogP contribution in [0.5, 0.6) is 0 Å². The molecule has 4 aliphatic carbocycles. The Labute approximate surface area is 231 Å². The number of hydrogen-bond acceptors (Lipinski definition) is 4. The number of nitrogens with one attached hydrogen (secondary N) is 2. The lowest BCUT2D eigenvalue weighted by Crippen LogP contribution is -2.51. The Bertz CT molecular complexity index is 1410. The summed E-state index contributed by atoms with van der Waals surface area (Å²) in [4.78, 5) is 52.2. The Morgan fingerprint density at radius 2 is 1.02 bits per heavy atom. The first kappa shape index (κ1) is 25.7. The molecule has 2 aromatic carbocycles. The van der Waals surface area contributed by atoms with Gasteiger partial charge in [0.1, 0.15) is 0 Å². The van der Waals surface area contributed by atoms with Crippen LogP contribution >= 0.6 is 0 Å². The minimum atomic E-state index is -1.04. The van der Waals surface area contributed by atoms with Crippen LogP contribution in [0.2, 0.25) is 0 Å². The predicted octanol–water partition coefficient (Wildman–Crippen LogP) is 3.39. The first-order chi connectivity index (χ1) is 19.2. The average Bonchev–Trinajstić information content (AvgIpc) is 3.70. The summed E-state index contributed by atoms with van der Waals surface area (Å²) in [6.45, 7) is 0. The molecule has 8 heteroatoms. The molecular weight excluding hydrogens is 508 g/mol. The smallest absolute Gasteiger partial charge is 0.307 e. The highest BCUT2D eigenvalue weighted by atomic mass is 16.4. The maximum Gasteiger partial charge on any atom is 0.307 e. The Morgan fingerprint density at radius 3 is 1.38 bits per heavy atom. The maximum absolute atomic E-state index is 13.6. The van der Waals surface area contributed by atoms with Gasteiger partial charge in [-0.15, -0.1) is 12.8 Å². The SMILES string of the molecule is C#Cc1cccc(NC(=O)C2C3CC(C2C(=O)O)C2C4CC(C(C(=O)Nc5cccc(C#C)c5)C4C(=O)O)C32)c1. The van der Waals surface area contributed by atoms with Gasteiger partial charge in [-0.3, -0.25) is 19.2 Å². The van der Waals surface area contributed by atoms with Crippen molar-refractivity contribution in [3.8, 4) is 24.7 Å². The zero-order chi connectivity index (χ0) is 28.3. The van der Waals surface area contributed by atoms with Crippen LogP contribution in [0.15, 0.2) is 48.5 Å². The Hall–Kier alpha value is -4.56. The van der Waals surface area contributed by atoms with E-state index in [1.54, 1.807) is 48.5 Å². The Kier molecular flexibility index (Phi) is 6.15. The number of aliphatic carboxylic acids is 2. The van der Waals surface area contributed by atoms with Crippen LogP contribution in [0, 0.1) is 83.9 Å². The van der Waals surface area contributed by atoms with Crippen molar-refractivity contribution >= 4 is 35.1 Å². The number of terminal acetylenes is 2. The summed E-state index contributed by atoms with van der Waals surface area (Å²) in [6, 6.07) is 13.6. The molecule has 0 saturated heterocycles.